The number of amides is 1. The topological polar surface area (TPSA) is 90.9 Å². The number of rotatable bonds is 6. The van der Waals surface area contributed by atoms with Gasteiger partial charge in [-0.1, -0.05) is 13.8 Å². The molecule has 1 N–H and O–H groups in total. The van der Waals surface area contributed by atoms with Crippen molar-refractivity contribution in [3.63, 3.8) is 0 Å². The summed E-state index contributed by atoms with van der Waals surface area (Å²) in [7, 11) is 1.24. The predicted octanol–water partition coefficient (Wildman–Crippen LogP) is 1.83. The van der Waals surface area contributed by atoms with Gasteiger partial charge >= 0.3 is 12.1 Å². The smallest absolute Gasteiger partial charge is 0.407 e. The summed E-state index contributed by atoms with van der Waals surface area (Å²) in [6.07, 6.45) is 1.68. The molecule has 1 saturated heterocycles. The Balaban J connectivity index is 2.18. The van der Waals surface area contributed by atoms with E-state index in [4.69, 9.17) is 9.47 Å². The molecule has 136 valence electrons. The summed E-state index contributed by atoms with van der Waals surface area (Å²) in [6.45, 7) is 5.65. The van der Waals surface area contributed by atoms with E-state index >= 15 is 0 Å². The van der Waals surface area contributed by atoms with Gasteiger partial charge in [0.15, 0.2) is 5.78 Å². The lowest BCUT2D eigenvalue weighted by atomic mass is 9.75. The van der Waals surface area contributed by atoms with Crippen molar-refractivity contribution < 1.29 is 28.6 Å². The number of methoxy groups -OCH3 is 1. The Morgan fingerprint density at radius 3 is 2.42 bits per heavy atom. The van der Waals surface area contributed by atoms with Gasteiger partial charge in [-0.2, -0.15) is 0 Å². The van der Waals surface area contributed by atoms with Gasteiger partial charge in [0.05, 0.1) is 31.3 Å². The van der Waals surface area contributed by atoms with Crippen LogP contribution in [-0.4, -0.2) is 49.3 Å². The van der Waals surface area contributed by atoms with Gasteiger partial charge in [-0.3, -0.25) is 9.59 Å². The third kappa shape index (κ3) is 3.71. The van der Waals surface area contributed by atoms with E-state index in [0.29, 0.717) is 6.42 Å². The van der Waals surface area contributed by atoms with E-state index < -0.39 is 30.1 Å². The molecule has 0 radical (unpaired) electrons. The van der Waals surface area contributed by atoms with Crippen LogP contribution in [0.5, 0.6) is 0 Å². The fraction of sp³-hybridized carbons (Fsp3) is 0.824. The SMILES string of the molecule is CCOC(=O)C1CC2(CCC2)OC1C(=O)C(NC(=O)OC)C(C)C. The summed E-state index contributed by atoms with van der Waals surface area (Å²) in [5.74, 6) is -1.46. The van der Waals surface area contributed by atoms with Crippen molar-refractivity contribution in [3.05, 3.63) is 0 Å². The highest BCUT2D eigenvalue weighted by atomic mass is 16.6. The highest BCUT2D eigenvalue weighted by Gasteiger charge is 2.56. The first-order chi connectivity index (χ1) is 11.3. The lowest BCUT2D eigenvalue weighted by Crippen LogP contribution is -2.51. The van der Waals surface area contributed by atoms with Gasteiger partial charge in [0.1, 0.15) is 6.10 Å². The number of ketones is 1. The Labute approximate surface area is 142 Å². The van der Waals surface area contributed by atoms with Gasteiger partial charge in [-0.15, -0.1) is 0 Å². The molecule has 1 amide bonds. The highest BCUT2D eigenvalue weighted by molar-refractivity contribution is 5.95. The van der Waals surface area contributed by atoms with Crippen molar-refractivity contribution in [2.45, 2.75) is 64.2 Å². The zero-order chi connectivity index (χ0) is 17.9. The quantitative estimate of drug-likeness (QED) is 0.741. The highest BCUT2D eigenvalue weighted by Crippen LogP contribution is 2.49. The molecule has 7 nitrogen and oxygen atoms in total. The van der Waals surface area contributed by atoms with Gasteiger partial charge in [0, 0.05) is 0 Å². The van der Waals surface area contributed by atoms with Gasteiger partial charge < -0.3 is 19.5 Å². The van der Waals surface area contributed by atoms with Crippen LogP contribution in [0.1, 0.15) is 46.5 Å². The zero-order valence-corrected chi connectivity index (χ0v) is 14.8. The van der Waals surface area contributed by atoms with Crippen LogP contribution in [-0.2, 0) is 23.8 Å². The van der Waals surface area contributed by atoms with E-state index in [0.717, 1.165) is 19.3 Å². The molecule has 7 heteroatoms. The second-order valence-electron chi connectivity index (χ2n) is 6.90. The number of carbonyl (C=O) groups excluding carboxylic acids is 3. The van der Waals surface area contributed by atoms with Gasteiger partial charge in [-0.05, 0) is 38.5 Å². The van der Waals surface area contributed by atoms with Crippen LogP contribution in [0.2, 0.25) is 0 Å². The van der Waals surface area contributed by atoms with E-state index in [-0.39, 0.29) is 23.9 Å². The van der Waals surface area contributed by atoms with Gasteiger partial charge in [-0.25, -0.2) is 4.79 Å². The minimum Gasteiger partial charge on any atom is -0.466 e. The zero-order valence-electron chi connectivity index (χ0n) is 14.8. The summed E-state index contributed by atoms with van der Waals surface area (Å²) in [5.41, 5.74) is -0.384. The Morgan fingerprint density at radius 1 is 1.29 bits per heavy atom. The Morgan fingerprint density at radius 2 is 1.96 bits per heavy atom. The summed E-state index contributed by atoms with van der Waals surface area (Å²) in [4.78, 5) is 36.8. The second kappa shape index (κ2) is 7.51. The Bertz CT molecular complexity index is 499. The summed E-state index contributed by atoms with van der Waals surface area (Å²) < 4.78 is 15.8. The standard InChI is InChI=1S/C17H27NO6/c1-5-23-15(20)11-9-17(7-6-8-17)24-14(11)13(19)12(10(2)3)18-16(21)22-4/h10-12,14H,5-9H2,1-4H3,(H,18,21). The van der Waals surface area contributed by atoms with E-state index in [9.17, 15) is 14.4 Å². The number of nitrogens with one attached hydrogen (secondary N) is 1. The first-order valence-corrected chi connectivity index (χ1v) is 8.56. The molecule has 1 aliphatic heterocycles. The molecule has 2 fully saturated rings. The van der Waals surface area contributed by atoms with Crippen LogP contribution in [0.25, 0.3) is 0 Å². The monoisotopic (exact) mass is 341 g/mol. The van der Waals surface area contributed by atoms with Crippen LogP contribution in [0, 0.1) is 11.8 Å². The third-order valence-electron chi connectivity index (χ3n) is 4.90. The molecule has 2 aliphatic rings. The van der Waals surface area contributed by atoms with E-state index in [1.165, 1.54) is 7.11 Å². The van der Waals surface area contributed by atoms with Crippen molar-refractivity contribution in [1.82, 2.24) is 5.32 Å². The number of carbonyl (C=O) groups is 3. The minimum absolute atomic E-state index is 0.152. The van der Waals surface area contributed by atoms with E-state index in [1.54, 1.807) is 6.92 Å². The number of hydrogen-bond donors (Lipinski definition) is 1. The number of ether oxygens (including phenoxy) is 3. The van der Waals surface area contributed by atoms with Crippen molar-refractivity contribution in [3.8, 4) is 0 Å². The number of Topliss-reactive ketones (excluding diaryl/α,β-unsaturated/α-hetero) is 1. The first-order valence-electron chi connectivity index (χ1n) is 8.56. The summed E-state index contributed by atoms with van der Waals surface area (Å²) >= 11 is 0. The van der Waals surface area contributed by atoms with Crippen molar-refractivity contribution in [1.29, 1.82) is 0 Å². The molecule has 0 aromatic rings. The molecule has 2 rings (SSSR count). The van der Waals surface area contributed by atoms with Crippen LogP contribution in [0.15, 0.2) is 0 Å². The summed E-state index contributed by atoms with van der Waals surface area (Å²) in [6, 6.07) is -0.769. The minimum atomic E-state index is -0.881. The van der Waals surface area contributed by atoms with Crippen LogP contribution >= 0.6 is 0 Å². The average molecular weight is 341 g/mol. The molecular weight excluding hydrogens is 314 g/mol. The molecule has 3 atom stereocenters. The average Bonchev–Trinajstić information content (AvgIpc) is 2.93. The first kappa shape index (κ1) is 18.7. The van der Waals surface area contributed by atoms with Crippen LogP contribution in [0.3, 0.4) is 0 Å². The molecule has 0 bridgehead atoms. The third-order valence-corrected chi connectivity index (χ3v) is 4.90. The molecule has 24 heavy (non-hydrogen) atoms. The van der Waals surface area contributed by atoms with Crippen molar-refractivity contribution in [2.24, 2.45) is 11.8 Å². The maximum atomic E-state index is 13.0. The number of esters is 1. The Kier molecular flexibility index (Phi) is 5.85. The molecule has 1 spiro atoms. The van der Waals surface area contributed by atoms with Crippen molar-refractivity contribution in [2.75, 3.05) is 13.7 Å². The van der Waals surface area contributed by atoms with Gasteiger partial charge in [0.2, 0.25) is 0 Å². The van der Waals surface area contributed by atoms with E-state index in [2.05, 4.69) is 10.1 Å². The molecule has 1 heterocycles. The normalized spacial score (nSPS) is 25.9. The van der Waals surface area contributed by atoms with Gasteiger partial charge in [0.25, 0.3) is 0 Å². The predicted molar refractivity (Wildman–Crippen MR) is 85.4 cm³/mol. The fourth-order valence-corrected chi connectivity index (χ4v) is 3.44. The Hall–Kier alpha value is -1.63. The molecular formula is C17H27NO6. The largest absolute Gasteiger partial charge is 0.466 e. The fourth-order valence-electron chi connectivity index (χ4n) is 3.44. The number of hydrogen-bond acceptors (Lipinski definition) is 6. The van der Waals surface area contributed by atoms with Crippen LogP contribution < -0.4 is 5.32 Å². The molecule has 3 unspecified atom stereocenters. The van der Waals surface area contributed by atoms with Crippen LogP contribution in [0.4, 0.5) is 4.79 Å². The maximum absolute atomic E-state index is 13.0. The molecule has 0 aromatic carbocycles. The number of alkyl carbamates (subject to hydrolysis) is 1. The summed E-state index contributed by atoms with van der Waals surface area (Å²) in [5, 5.41) is 2.55. The molecule has 0 aromatic heterocycles. The second-order valence-corrected chi connectivity index (χ2v) is 6.90. The lowest BCUT2D eigenvalue weighted by Gasteiger charge is -2.38. The van der Waals surface area contributed by atoms with Crippen molar-refractivity contribution >= 4 is 17.8 Å². The van der Waals surface area contributed by atoms with E-state index in [1.807, 2.05) is 13.8 Å². The lowest BCUT2D eigenvalue weighted by molar-refractivity contribution is -0.157. The maximum Gasteiger partial charge on any atom is 0.407 e. The molecule has 1 saturated carbocycles. The molecule has 1 aliphatic carbocycles.